The van der Waals surface area contributed by atoms with Crippen LogP contribution in [0.1, 0.15) is 17.2 Å². The van der Waals surface area contributed by atoms with E-state index in [1.54, 1.807) is 18.9 Å². The van der Waals surface area contributed by atoms with Gasteiger partial charge in [-0.2, -0.15) is 0 Å². The Kier molecular flexibility index (Phi) is 4.74. The van der Waals surface area contributed by atoms with Gasteiger partial charge in [0.25, 0.3) is 0 Å². The lowest BCUT2D eigenvalue weighted by Gasteiger charge is -2.30. The number of aromatic amines is 1. The molecule has 29 heavy (non-hydrogen) atoms. The van der Waals surface area contributed by atoms with Crippen molar-refractivity contribution in [2.24, 2.45) is 0 Å². The van der Waals surface area contributed by atoms with E-state index in [0.717, 1.165) is 46.2 Å². The molecule has 0 amide bonds. The van der Waals surface area contributed by atoms with E-state index in [0.29, 0.717) is 11.5 Å². The van der Waals surface area contributed by atoms with Gasteiger partial charge in [0.1, 0.15) is 0 Å². The van der Waals surface area contributed by atoms with Crippen LogP contribution in [0.4, 0.5) is 0 Å². The molecule has 0 bridgehead atoms. The Labute approximate surface area is 173 Å². The number of methoxy groups -OCH3 is 1. The number of para-hydroxylation sites is 2. The summed E-state index contributed by atoms with van der Waals surface area (Å²) in [6.07, 6.45) is 0.972. The number of ether oxygens (including phenoxy) is 3. The van der Waals surface area contributed by atoms with Gasteiger partial charge in [0.15, 0.2) is 22.7 Å². The molecule has 7 heteroatoms. The van der Waals surface area contributed by atoms with Crippen LogP contribution in [0.3, 0.4) is 0 Å². The molecule has 6 nitrogen and oxygen atoms in total. The molecule has 0 aliphatic carbocycles. The minimum Gasteiger partial charge on any atom is -0.492 e. The lowest BCUT2D eigenvalue weighted by Crippen LogP contribution is -3.10. The van der Waals surface area contributed by atoms with Crippen molar-refractivity contribution in [2.45, 2.75) is 17.6 Å². The number of likely N-dealkylation sites (N-methyl/N-ethyl adjacent to an activating group) is 1. The van der Waals surface area contributed by atoms with Crippen LogP contribution in [0.15, 0.2) is 35.5 Å². The molecule has 2 aromatic carbocycles. The minimum atomic E-state index is 0.0412. The van der Waals surface area contributed by atoms with E-state index in [4.69, 9.17) is 14.2 Å². The van der Waals surface area contributed by atoms with Crippen molar-refractivity contribution in [2.75, 3.05) is 33.2 Å². The predicted molar refractivity (Wildman–Crippen MR) is 112 cm³/mol. The molecule has 2 aliphatic rings. The van der Waals surface area contributed by atoms with Crippen molar-refractivity contribution in [1.82, 2.24) is 9.97 Å². The second-order valence-electron chi connectivity index (χ2n) is 7.16. The zero-order valence-electron chi connectivity index (χ0n) is 16.4. The highest BCUT2D eigenvalue weighted by atomic mass is 32.2. The first kappa shape index (κ1) is 18.2. The Bertz CT molecular complexity index is 1100. The first-order valence-corrected chi connectivity index (χ1v) is 10.6. The van der Waals surface area contributed by atoms with E-state index >= 15 is 0 Å². The van der Waals surface area contributed by atoms with Gasteiger partial charge in [0.2, 0.25) is 12.5 Å². The third-order valence-electron chi connectivity index (χ3n) is 5.41. The zero-order valence-corrected chi connectivity index (χ0v) is 17.2. The molecule has 5 rings (SSSR count). The molecule has 148 valence electrons. The fraction of sp³-hybridized carbons (Fsp3) is 0.318. The summed E-state index contributed by atoms with van der Waals surface area (Å²) in [5, 5.41) is 0.895. The Morgan fingerprint density at radius 2 is 2.24 bits per heavy atom. The molecule has 0 spiro atoms. The topological polar surface area (TPSA) is 60.8 Å². The van der Waals surface area contributed by atoms with Crippen LogP contribution in [-0.2, 0) is 6.42 Å². The second kappa shape index (κ2) is 7.54. The molecule has 1 unspecified atom stereocenters. The number of thioether (sulfide) groups is 1. The number of H-pyrrole nitrogens is 1. The summed E-state index contributed by atoms with van der Waals surface area (Å²) < 4.78 is 17.0. The lowest BCUT2D eigenvalue weighted by atomic mass is 9.91. The van der Waals surface area contributed by atoms with Crippen LogP contribution in [0, 0.1) is 11.8 Å². The van der Waals surface area contributed by atoms with Gasteiger partial charge in [-0.25, -0.2) is 4.98 Å². The van der Waals surface area contributed by atoms with Crippen LogP contribution >= 0.6 is 11.8 Å². The Morgan fingerprint density at radius 1 is 1.34 bits per heavy atom. The van der Waals surface area contributed by atoms with E-state index in [2.05, 4.69) is 34.9 Å². The van der Waals surface area contributed by atoms with Gasteiger partial charge in [-0.3, -0.25) is 0 Å². The molecule has 2 N–H and O–H groups in total. The van der Waals surface area contributed by atoms with Gasteiger partial charge in [-0.05, 0) is 29.7 Å². The van der Waals surface area contributed by atoms with E-state index < -0.39 is 0 Å². The molecule has 3 aromatic rings. The number of aromatic nitrogens is 2. The third-order valence-corrected chi connectivity index (χ3v) is 6.17. The number of benzene rings is 2. The zero-order chi connectivity index (χ0) is 19.8. The van der Waals surface area contributed by atoms with Crippen LogP contribution in [0.25, 0.3) is 11.0 Å². The molecule has 0 radical (unpaired) electrons. The highest BCUT2D eigenvalue weighted by molar-refractivity contribution is 7.99. The Morgan fingerprint density at radius 3 is 3.10 bits per heavy atom. The van der Waals surface area contributed by atoms with Gasteiger partial charge in [-0.15, -0.1) is 0 Å². The van der Waals surface area contributed by atoms with Crippen LogP contribution in [-0.4, -0.2) is 43.2 Å². The minimum absolute atomic E-state index is 0.0412. The predicted octanol–water partition coefficient (Wildman–Crippen LogP) is 2.21. The molecule has 0 saturated heterocycles. The first-order chi connectivity index (χ1) is 14.2. The molecule has 0 saturated carbocycles. The maximum atomic E-state index is 5.74. The molecule has 3 heterocycles. The summed E-state index contributed by atoms with van der Waals surface area (Å²) in [5.41, 5.74) is 4.39. The number of nitrogens with zero attached hydrogens (tertiary/aromatic N) is 1. The quantitative estimate of drug-likeness (QED) is 0.514. The standard InChI is InChI=1S/C22H21N3O3S/c1-25-10-9-14-12-18-20(28-13-27-18)21(26-2)19(14)17(25)8-5-11-29-22-23-15-6-3-4-7-16(15)24-22/h3-4,6-7,12,17H,9-11,13H2,1-2H3,(H,23,24)/p+1/t17-/m0/s1. The molecule has 1 aromatic heterocycles. The van der Waals surface area contributed by atoms with E-state index in [9.17, 15) is 0 Å². The van der Waals surface area contributed by atoms with Crippen molar-refractivity contribution < 1.29 is 19.1 Å². The number of fused-ring (bicyclic) bond motifs is 3. The second-order valence-corrected chi connectivity index (χ2v) is 8.13. The first-order valence-electron chi connectivity index (χ1n) is 9.62. The largest absolute Gasteiger partial charge is 0.492 e. The van der Waals surface area contributed by atoms with Gasteiger partial charge < -0.3 is 24.1 Å². The SMILES string of the molecule is COc1c2c(cc3c1[C@H](C#CCSc1nc4ccccc4[nH]1)[NH+](C)CC3)OCO2. The summed E-state index contributed by atoms with van der Waals surface area (Å²) >= 11 is 1.62. The van der Waals surface area contributed by atoms with Crippen molar-refractivity contribution >= 4 is 22.8 Å². The third kappa shape index (κ3) is 3.28. The maximum Gasteiger partial charge on any atom is 0.231 e. The molecule has 2 aliphatic heterocycles. The van der Waals surface area contributed by atoms with Gasteiger partial charge >= 0.3 is 0 Å². The van der Waals surface area contributed by atoms with Crippen molar-refractivity contribution in [3.63, 3.8) is 0 Å². The molecular weight excluding hydrogens is 386 g/mol. The summed E-state index contributed by atoms with van der Waals surface area (Å²) in [7, 11) is 3.86. The number of hydrogen-bond acceptors (Lipinski definition) is 5. The van der Waals surface area contributed by atoms with E-state index in [1.807, 2.05) is 24.3 Å². The fourth-order valence-corrected chi connectivity index (χ4v) is 4.60. The molecular formula is C22H22N3O3S+. The van der Waals surface area contributed by atoms with Crippen molar-refractivity contribution in [1.29, 1.82) is 0 Å². The monoisotopic (exact) mass is 408 g/mol. The van der Waals surface area contributed by atoms with Gasteiger partial charge in [0.05, 0.1) is 43.1 Å². The average Bonchev–Trinajstić information content (AvgIpc) is 3.37. The fourth-order valence-electron chi connectivity index (χ4n) is 3.97. The summed E-state index contributed by atoms with van der Waals surface area (Å²) in [6, 6.07) is 10.2. The van der Waals surface area contributed by atoms with Crippen LogP contribution in [0.5, 0.6) is 17.2 Å². The highest BCUT2D eigenvalue weighted by Gasteiger charge is 2.35. The number of nitrogens with one attached hydrogen (secondary N) is 2. The maximum absolute atomic E-state index is 5.74. The van der Waals surface area contributed by atoms with Crippen molar-refractivity contribution in [3.05, 3.63) is 41.5 Å². The summed E-state index contributed by atoms with van der Waals surface area (Å²) in [4.78, 5) is 9.29. The van der Waals surface area contributed by atoms with Crippen LogP contribution < -0.4 is 19.1 Å². The van der Waals surface area contributed by atoms with E-state index in [1.165, 1.54) is 10.5 Å². The Hall–Kier alpha value is -2.82. The summed E-state index contributed by atoms with van der Waals surface area (Å²) in [5.74, 6) is 9.72. The lowest BCUT2D eigenvalue weighted by molar-refractivity contribution is -0.905. The molecule has 2 atom stereocenters. The van der Waals surface area contributed by atoms with E-state index in [-0.39, 0.29) is 12.8 Å². The number of rotatable bonds is 3. The average molecular weight is 409 g/mol. The summed E-state index contributed by atoms with van der Waals surface area (Å²) in [6.45, 7) is 1.26. The van der Waals surface area contributed by atoms with Gasteiger partial charge in [0, 0.05) is 6.42 Å². The van der Waals surface area contributed by atoms with Gasteiger partial charge in [-0.1, -0.05) is 29.8 Å². The number of imidazole rings is 1. The smallest absolute Gasteiger partial charge is 0.231 e. The van der Waals surface area contributed by atoms with Crippen molar-refractivity contribution in [3.8, 4) is 29.1 Å². The Balaban J connectivity index is 1.39. The number of hydrogen-bond donors (Lipinski definition) is 2. The number of quaternary nitrogens is 1. The normalized spacial score (nSPS) is 19.5. The van der Waals surface area contributed by atoms with Crippen LogP contribution in [0.2, 0.25) is 0 Å². The molecule has 0 fully saturated rings. The highest BCUT2D eigenvalue weighted by Crippen LogP contribution is 2.47.